The van der Waals surface area contributed by atoms with E-state index in [-0.39, 0.29) is 17.7 Å². The minimum Gasteiger partial charge on any atom is -0.212 e. The molecule has 0 aromatic carbocycles. The second-order valence-electron chi connectivity index (χ2n) is 3.70. The molecule has 1 saturated carbocycles. The van der Waals surface area contributed by atoms with Crippen molar-refractivity contribution >= 4 is 21.6 Å². The van der Waals surface area contributed by atoms with Crippen molar-refractivity contribution in [3.63, 3.8) is 0 Å². The van der Waals surface area contributed by atoms with Gasteiger partial charge in [0, 0.05) is 18.5 Å². The van der Waals surface area contributed by atoms with Gasteiger partial charge in [-0.1, -0.05) is 13.3 Å². The molecule has 84 valence electrons. The molecular weight excluding hydrogens is 222 g/mol. The van der Waals surface area contributed by atoms with Crippen LogP contribution in [0.5, 0.6) is 0 Å². The van der Waals surface area contributed by atoms with Crippen LogP contribution in [0.3, 0.4) is 0 Å². The molecule has 0 amide bonds. The Morgan fingerprint density at radius 2 is 2.07 bits per heavy atom. The zero-order valence-corrected chi connectivity index (χ0v) is 10.1. The molecule has 0 unspecified atom stereocenters. The first-order valence-corrected chi connectivity index (χ1v) is 7.31. The van der Waals surface area contributed by atoms with Crippen molar-refractivity contribution in [2.45, 2.75) is 38.6 Å². The smallest absolute Gasteiger partial charge is 0.212 e. The Hall–Kier alpha value is 0.200. The average molecular weight is 240 g/mol. The molecule has 0 heterocycles. The van der Waals surface area contributed by atoms with E-state index in [1.165, 1.54) is 0 Å². The maximum Gasteiger partial charge on any atom is 0.215 e. The van der Waals surface area contributed by atoms with Crippen molar-refractivity contribution in [1.29, 1.82) is 0 Å². The summed E-state index contributed by atoms with van der Waals surface area (Å²) in [5, 5.41) is 0. The lowest BCUT2D eigenvalue weighted by Gasteiger charge is -2.20. The first-order valence-electron chi connectivity index (χ1n) is 5.17. The fourth-order valence-corrected chi connectivity index (χ4v) is 3.53. The highest BCUT2D eigenvalue weighted by Crippen LogP contribution is 2.29. The zero-order valence-electron chi connectivity index (χ0n) is 8.58. The summed E-state index contributed by atoms with van der Waals surface area (Å²) in [7, 11) is -3.08. The third kappa shape index (κ3) is 3.41. The normalized spacial score (nSPS) is 17.6. The molecule has 0 radical (unpaired) electrons. The van der Waals surface area contributed by atoms with Crippen LogP contribution in [-0.4, -0.2) is 36.9 Å². The number of alkyl halides is 1. The molecule has 0 aromatic heterocycles. The predicted molar refractivity (Wildman–Crippen MR) is 59.1 cm³/mol. The number of unbranched alkanes of at least 4 members (excludes halogenated alkanes) is 1. The summed E-state index contributed by atoms with van der Waals surface area (Å²) in [6, 6.07) is 0.273. The van der Waals surface area contributed by atoms with E-state index < -0.39 is 10.0 Å². The second-order valence-corrected chi connectivity index (χ2v) is 6.12. The molecule has 0 atom stereocenters. The lowest BCUT2D eigenvalue weighted by atomic mass is 10.3. The quantitative estimate of drug-likeness (QED) is 0.636. The van der Waals surface area contributed by atoms with E-state index in [2.05, 4.69) is 6.92 Å². The van der Waals surface area contributed by atoms with Crippen LogP contribution >= 0.6 is 11.6 Å². The van der Waals surface area contributed by atoms with Gasteiger partial charge < -0.3 is 0 Å². The summed E-state index contributed by atoms with van der Waals surface area (Å²) < 4.78 is 25.2. The third-order valence-electron chi connectivity index (χ3n) is 2.38. The largest absolute Gasteiger partial charge is 0.215 e. The molecule has 0 spiro atoms. The average Bonchev–Trinajstić information content (AvgIpc) is 2.88. The Kier molecular flexibility index (Phi) is 4.67. The van der Waals surface area contributed by atoms with Crippen LogP contribution in [-0.2, 0) is 10.0 Å². The molecular formula is C9H18ClNO2S. The molecule has 0 aromatic rings. The predicted octanol–water partition coefficient (Wildman–Crippen LogP) is 1.82. The van der Waals surface area contributed by atoms with Crippen molar-refractivity contribution in [3.8, 4) is 0 Å². The number of hydrogen-bond acceptors (Lipinski definition) is 2. The van der Waals surface area contributed by atoms with Gasteiger partial charge in [-0.3, -0.25) is 0 Å². The molecule has 0 N–H and O–H groups in total. The fraction of sp³-hybridized carbons (Fsp3) is 1.00. The van der Waals surface area contributed by atoms with Crippen LogP contribution in [0, 0.1) is 0 Å². The molecule has 1 rings (SSSR count). The van der Waals surface area contributed by atoms with E-state index in [1.54, 1.807) is 4.31 Å². The molecule has 1 fully saturated rings. The highest BCUT2D eigenvalue weighted by atomic mass is 35.5. The van der Waals surface area contributed by atoms with Crippen molar-refractivity contribution in [3.05, 3.63) is 0 Å². The van der Waals surface area contributed by atoms with E-state index >= 15 is 0 Å². The van der Waals surface area contributed by atoms with Crippen molar-refractivity contribution < 1.29 is 8.42 Å². The van der Waals surface area contributed by atoms with Gasteiger partial charge in [0.15, 0.2) is 0 Å². The Balaban J connectivity index is 2.56. The van der Waals surface area contributed by atoms with Crippen LogP contribution < -0.4 is 0 Å². The maximum atomic E-state index is 11.8. The highest BCUT2D eigenvalue weighted by Gasteiger charge is 2.35. The van der Waals surface area contributed by atoms with Crippen LogP contribution in [0.4, 0.5) is 0 Å². The fourth-order valence-electron chi connectivity index (χ4n) is 1.44. The third-order valence-corrected chi connectivity index (χ3v) is 4.71. The Labute approximate surface area is 91.5 Å². The summed E-state index contributed by atoms with van der Waals surface area (Å²) in [5.74, 6) is 0.270. The first kappa shape index (κ1) is 12.3. The molecule has 14 heavy (non-hydrogen) atoms. The van der Waals surface area contributed by atoms with Crippen LogP contribution in [0.1, 0.15) is 32.6 Å². The number of nitrogens with zero attached hydrogens (tertiary/aromatic N) is 1. The van der Waals surface area contributed by atoms with E-state index in [1.807, 2.05) is 0 Å². The molecule has 5 heteroatoms. The summed E-state index contributed by atoms with van der Waals surface area (Å²) >= 11 is 5.48. The molecule has 0 aliphatic heterocycles. The summed E-state index contributed by atoms with van der Waals surface area (Å²) in [6.45, 7) is 2.74. The van der Waals surface area contributed by atoms with E-state index in [0.29, 0.717) is 6.54 Å². The molecule has 1 aliphatic rings. The Bertz CT molecular complexity index is 262. The minimum absolute atomic E-state index is 0.0781. The van der Waals surface area contributed by atoms with Gasteiger partial charge in [0.1, 0.15) is 0 Å². The molecule has 1 aliphatic carbocycles. The first-order chi connectivity index (χ1) is 6.61. The molecule has 0 saturated heterocycles. The zero-order chi connectivity index (χ0) is 10.6. The minimum atomic E-state index is -3.08. The van der Waals surface area contributed by atoms with Crippen molar-refractivity contribution in [1.82, 2.24) is 4.31 Å². The Morgan fingerprint density at radius 3 is 2.50 bits per heavy atom. The monoisotopic (exact) mass is 239 g/mol. The van der Waals surface area contributed by atoms with E-state index in [0.717, 1.165) is 25.7 Å². The number of hydrogen-bond donors (Lipinski definition) is 0. The van der Waals surface area contributed by atoms with Crippen LogP contribution in [0.25, 0.3) is 0 Å². The lowest BCUT2D eigenvalue weighted by molar-refractivity contribution is 0.396. The standard InChI is InChI=1S/C9H18ClNO2S/c1-2-3-7-11(9-4-5-9)14(12,13)8-6-10/h9H,2-8H2,1H3. The molecule has 3 nitrogen and oxygen atoms in total. The van der Waals surface area contributed by atoms with Crippen molar-refractivity contribution in [2.24, 2.45) is 0 Å². The summed E-state index contributed by atoms with van der Waals surface area (Å²) in [5.41, 5.74) is 0. The van der Waals surface area contributed by atoms with Gasteiger partial charge in [0.2, 0.25) is 10.0 Å². The van der Waals surface area contributed by atoms with Gasteiger partial charge in [-0.15, -0.1) is 11.6 Å². The van der Waals surface area contributed by atoms with Gasteiger partial charge in [0.05, 0.1) is 5.75 Å². The Morgan fingerprint density at radius 1 is 1.43 bits per heavy atom. The van der Waals surface area contributed by atoms with Gasteiger partial charge >= 0.3 is 0 Å². The number of sulfonamides is 1. The van der Waals surface area contributed by atoms with Gasteiger partial charge in [-0.25, -0.2) is 8.42 Å². The summed E-state index contributed by atoms with van der Waals surface area (Å²) in [6.07, 6.45) is 4.01. The summed E-state index contributed by atoms with van der Waals surface area (Å²) in [4.78, 5) is 0. The van der Waals surface area contributed by atoms with Gasteiger partial charge in [0.25, 0.3) is 0 Å². The molecule has 0 bridgehead atoms. The second kappa shape index (κ2) is 5.33. The number of rotatable bonds is 7. The van der Waals surface area contributed by atoms with Crippen molar-refractivity contribution in [2.75, 3.05) is 18.2 Å². The van der Waals surface area contributed by atoms with Crippen LogP contribution in [0.15, 0.2) is 0 Å². The van der Waals surface area contributed by atoms with E-state index in [9.17, 15) is 8.42 Å². The highest BCUT2D eigenvalue weighted by molar-refractivity contribution is 7.89. The lowest BCUT2D eigenvalue weighted by Crippen LogP contribution is -2.36. The number of halogens is 1. The topological polar surface area (TPSA) is 37.4 Å². The van der Waals surface area contributed by atoms with Gasteiger partial charge in [-0.05, 0) is 19.3 Å². The SMILES string of the molecule is CCCCN(C1CC1)S(=O)(=O)CCCl. The van der Waals surface area contributed by atoms with Gasteiger partial charge in [-0.2, -0.15) is 4.31 Å². The maximum absolute atomic E-state index is 11.8. The van der Waals surface area contributed by atoms with Crippen LogP contribution in [0.2, 0.25) is 0 Å². The van der Waals surface area contributed by atoms with E-state index in [4.69, 9.17) is 11.6 Å².